The van der Waals surface area contributed by atoms with Crippen LogP contribution < -0.4 is 0 Å². The molecule has 1 aromatic carbocycles. The second-order valence-electron chi connectivity index (χ2n) is 2.47. The lowest BCUT2D eigenvalue weighted by Crippen LogP contribution is -1.70. The molecule has 0 saturated heterocycles. The van der Waals surface area contributed by atoms with Crippen molar-refractivity contribution in [3.05, 3.63) is 28.9 Å². The molecule has 0 atom stereocenters. The van der Waals surface area contributed by atoms with Crippen molar-refractivity contribution in [1.29, 1.82) is 0 Å². The van der Waals surface area contributed by atoms with Gasteiger partial charge in [0, 0.05) is 5.39 Å². The van der Waals surface area contributed by atoms with E-state index in [2.05, 4.69) is 10.2 Å². The molecular formula is C8H7ClN2. The van der Waals surface area contributed by atoms with Gasteiger partial charge in [0.15, 0.2) is 0 Å². The molecule has 0 spiro atoms. The van der Waals surface area contributed by atoms with E-state index in [1.54, 1.807) is 0 Å². The topological polar surface area (TPSA) is 28.7 Å². The summed E-state index contributed by atoms with van der Waals surface area (Å²) < 4.78 is 0. The van der Waals surface area contributed by atoms with Gasteiger partial charge in [-0.2, -0.15) is 5.10 Å². The summed E-state index contributed by atoms with van der Waals surface area (Å²) in [6.07, 6.45) is 0. The monoisotopic (exact) mass is 166 g/mol. The molecule has 2 aromatic rings. The summed E-state index contributed by atoms with van der Waals surface area (Å²) in [5, 5.41) is 8.72. The number of fused-ring (bicyclic) bond motifs is 1. The molecule has 0 bridgehead atoms. The van der Waals surface area contributed by atoms with Crippen molar-refractivity contribution in [1.82, 2.24) is 10.2 Å². The minimum atomic E-state index is 0.758. The van der Waals surface area contributed by atoms with E-state index in [1.807, 2.05) is 25.1 Å². The number of aromatic nitrogens is 2. The molecule has 3 heteroatoms. The van der Waals surface area contributed by atoms with Crippen molar-refractivity contribution in [3.8, 4) is 0 Å². The largest absolute Gasteiger partial charge is 0.278 e. The van der Waals surface area contributed by atoms with E-state index >= 15 is 0 Å². The molecule has 0 fully saturated rings. The number of benzene rings is 1. The Kier molecular flexibility index (Phi) is 1.36. The van der Waals surface area contributed by atoms with Gasteiger partial charge in [0.2, 0.25) is 0 Å². The number of nitrogens with zero attached hydrogens (tertiary/aromatic N) is 1. The van der Waals surface area contributed by atoms with Crippen LogP contribution in [0.2, 0.25) is 5.02 Å². The normalized spacial score (nSPS) is 10.7. The van der Waals surface area contributed by atoms with Crippen LogP contribution in [0.25, 0.3) is 10.9 Å². The maximum atomic E-state index is 5.94. The maximum absolute atomic E-state index is 5.94. The van der Waals surface area contributed by atoms with E-state index in [-0.39, 0.29) is 0 Å². The van der Waals surface area contributed by atoms with Gasteiger partial charge in [-0.1, -0.05) is 17.7 Å². The highest BCUT2D eigenvalue weighted by Crippen LogP contribution is 2.23. The number of aryl methyl sites for hydroxylation is 1. The molecule has 2 rings (SSSR count). The van der Waals surface area contributed by atoms with Gasteiger partial charge >= 0.3 is 0 Å². The SMILES string of the molecule is Cc1n[nH]c2cccc(Cl)c12. The molecular weight excluding hydrogens is 160 g/mol. The molecule has 0 radical (unpaired) electrons. The predicted octanol–water partition coefficient (Wildman–Crippen LogP) is 2.52. The Hall–Kier alpha value is -1.02. The molecule has 1 N–H and O–H groups in total. The van der Waals surface area contributed by atoms with Crippen LogP contribution in [-0.2, 0) is 0 Å². The number of H-pyrrole nitrogens is 1. The zero-order valence-electron chi connectivity index (χ0n) is 6.06. The highest BCUT2D eigenvalue weighted by molar-refractivity contribution is 6.35. The molecule has 0 unspecified atom stereocenters. The van der Waals surface area contributed by atoms with Crippen molar-refractivity contribution in [3.63, 3.8) is 0 Å². The smallest absolute Gasteiger partial charge is 0.0684 e. The van der Waals surface area contributed by atoms with Gasteiger partial charge in [-0.05, 0) is 19.1 Å². The van der Waals surface area contributed by atoms with Crippen molar-refractivity contribution in [2.45, 2.75) is 6.92 Å². The second kappa shape index (κ2) is 2.24. The number of hydrogen-bond acceptors (Lipinski definition) is 1. The van der Waals surface area contributed by atoms with Crippen LogP contribution in [0.4, 0.5) is 0 Å². The van der Waals surface area contributed by atoms with Gasteiger partial charge < -0.3 is 0 Å². The van der Waals surface area contributed by atoms with E-state index in [0.717, 1.165) is 21.6 Å². The van der Waals surface area contributed by atoms with Gasteiger partial charge in [0.1, 0.15) is 0 Å². The van der Waals surface area contributed by atoms with Crippen molar-refractivity contribution >= 4 is 22.5 Å². The first-order valence-corrected chi connectivity index (χ1v) is 3.76. The Balaban J connectivity index is 2.96. The number of hydrogen-bond donors (Lipinski definition) is 1. The van der Waals surface area contributed by atoms with E-state index in [9.17, 15) is 0 Å². The number of halogens is 1. The zero-order valence-corrected chi connectivity index (χ0v) is 6.81. The molecule has 0 amide bonds. The van der Waals surface area contributed by atoms with Gasteiger partial charge in [-0.15, -0.1) is 0 Å². The van der Waals surface area contributed by atoms with Crippen LogP contribution in [0.1, 0.15) is 5.69 Å². The van der Waals surface area contributed by atoms with Crippen LogP contribution in [0, 0.1) is 6.92 Å². The van der Waals surface area contributed by atoms with Crippen LogP contribution >= 0.6 is 11.6 Å². The van der Waals surface area contributed by atoms with Crippen molar-refractivity contribution in [2.75, 3.05) is 0 Å². The quantitative estimate of drug-likeness (QED) is 0.640. The lowest BCUT2D eigenvalue weighted by Gasteiger charge is -1.91. The highest BCUT2D eigenvalue weighted by Gasteiger charge is 2.03. The van der Waals surface area contributed by atoms with Crippen LogP contribution in [0.5, 0.6) is 0 Å². The molecule has 2 nitrogen and oxygen atoms in total. The van der Waals surface area contributed by atoms with E-state index in [1.165, 1.54) is 0 Å². The Morgan fingerprint density at radius 1 is 1.45 bits per heavy atom. The number of nitrogens with one attached hydrogen (secondary N) is 1. The first-order valence-electron chi connectivity index (χ1n) is 3.38. The molecule has 0 aliphatic carbocycles. The number of rotatable bonds is 0. The minimum absolute atomic E-state index is 0.758. The first-order chi connectivity index (χ1) is 5.29. The third-order valence-corrected chi connectivity index (χ3v) is 2.03. The Morgan fingerprint density at radius 3 is 3.00 bits per heavy atom. The van der Waals surface area contributed by atoms with Crippen molar-refractivity contribution < 1.29 is 0 Å². The minimum Gasteiger partial charge on any atom is -0.278 e. The fourth-order valence-electron chi connectivity index (χ4n) is 1.18. The fraction of sp³-hybridized carbons (Fsp3) is 0.125. The van der Waals surface area contributed by atoms with Crippen LogP contribution in [0.15, 0.2) is 18.2 Å². The molecule has 0 aliphatic rings. The predicted molar refractivity (Wildman–Crippen MR) is 45.8 cm³/mol. The van der Waals surface area contributed by atoms with Gasteiger partial charge in [0.05, 0.1) is 16.2 Å². The first kappa shape index (κ1) is 6.68. The Morgan fingerprint density at radius 2 is 2.27 bits per heavy atom. The summed E-state index contributed by atoms with van der Waals surface area (Å²) in [6, 6.07) is 5.73. The van der Waals surface area contributed by atoms with Gasteiger partial charge in [-0.25, -0.2) is 0 Å². The fourth-order valence-corrected chi connectivity index (χ4v) is 1.50. The summed E-state index contributed by atoms with van der Waals surface area (Å²) >= 11 is 5.94. The zero-order chi connectivity index (χ0) is 7.84. The molecule has 1 heterocycles. The molecule has 56 valence electrons. The standard InChI is InChI=1S/C8H7ClN2/c1-5-8-6(9)3-2-4-7(8)11-10-5/h2-4H,1H3,(H,10,11). The Labute approximate surface area is 69.2 Å². The van der Waals surface area contributed by atoms with Crippen LogP contribution in [-0.4, -0.2) is 10.2 Å². The lowest BCUT2D eigenvalue weighted by atomic mass is 10.2. The lowest BCUT2D eigenvalue weighted by molar-refractivity contribution is 1.07. The molecule has 1 aromatic heterocycles. The molecule has 11 heavy (non-hydrogen) atoms. The third kappa shape index (κ3) is 0.906. The van der Waals surface area contributed by atoms with Crippen molar-refractivity contribution in [2.24, 2.45) is 0 Å². The van der Waals surface area contributed by atoms with E-state index in [4.69, 9.17) is 11.6 Å². The van der Waals surface area contributed by atoms with E-state index < -0.39 is 0 Å². The van der Waals surface area contributed by atoms with Gasteiger partial charge in [0.25, 0.3) is 0 Å². The average Bonchev–Trinajstić information content (AvgIpc) is 2.34. The summed E-state index contributed by atoms with van der Waals surface area (Å²) in [7, 11) is 0. The second-order valence-corrected chi connectivity index (χ2v) is 2.88. The summed E-state index contributed by atoms with van der Waals surface area (Å²) in [5.74, 6) is 0. The Bertz CT molecular complexity index is 392. The number of aromatic amines is 1. The third-order valence-electron chi connectivity index (χ3n) is 1.72. The highest BCUT2D eigenvalue weighted by atomic mass is 35.5. The molecule has 0 aliphatic heterocycles. The summed E-state index contributed by atoms with van der Waals surface area (Å²) in [5.41, 5.74) is 1.95. The average molecular weight is 167 g/mol. The summed E-state index contributed by atoms with van der Waals surface area (Å²) in [4.78, 5) is 0. The van der Waals surface area contributed by atoms with Crippen LogP contribution in [0.3, 0.4) is 0 Å². The summed E-state index contributed by atoms with van der Waals surface area (Å²) in [6.45, 7) is 1.94. The molecule has 0 saturated carbocycles. The van der Waals surface area contributed by atoms with E-state index in [0.29, 0.717) is 0 Å². The van der Waals surface area contributed by atoms with Gasteiger partial charge in [-0.3, -0.25) is 5.10 Å². The maximum Gasteiger partial charge on any atom is 0.0684 e.